The van der Waals surface area contributed by atoms with Gasteiger partial charge in [-0.05, 0) is 37.6 Å². The average molecular weight is 304 g/mol. The van der Waals surface area contributed by atoms with Crippen molar-refractivity contribution in [3.63, 3.8) is 0 Å². The van der Waals surface area contributed by atoms with E-state index in [1.165, 1.54) is 0 Å². The highest BCUT2D eigenvalue weighted by molar-refractivity contribution is 6.00. The highest BCUT2D eigenvalue weighted by Gasteiger charge is 2.31. The minimum Gasteiger partial charge on any atom is -0.478 e. The van der Waals surface area contributed by atoms with Gasteiger partial charge in [-0.2, -0.15) is 13.2 Å². The van der Waals surface area contributed by atoms with Crippen molar-refractivity contribution in [1.29, 1.82) is 0 Å². The minimum absolute atomic E-state index is 0.0620. The van der Waals surface area contributed by atoms with Crippen LogP contribution in [0.5, 0.6) is 0 Å². The van der Waals surface area contributed by atoms with E-state index in [0.29, 0.717) is 31.5 Å². The summed E-state index contributed by atoms with van der Waals surface area (Å²) in [5, 5.41) is 11.1. The second-order valence-electron chi connectivity index (χ2n) is 4.36. The first kappa shape index (κ1) is 17.0. The molecule has 0 aliphatic carbocycles. The summed E-state index contributed by atoms with van der Waals surface area (Å²) in [5.41, 5.74) is 3.48. The number of alkyl halides is 3. The van der Waals surface area contributed by atoms with Crippen LogP contribution in [0.25, 0.3) is 0 Å². The van der Waals surface area contributed by atoms with Crippen LogP contribution in [-0.4, -0.2) is 23.5 Å². The lowest BCUT2D eigenvalue weighted by Crippen LogP contribution is -2.16. The van der Waals surface area contributed by atoms with E-state index in [1.807, 2.05) is 0 Å². The molecule has 4 N–H and O–H groups in total. The van der Waals surface area contributed by atoms with Gasteiger partial charge in [-0.1, -0.05) is 0 Å². The number of nitrogens with one attached hydrogen (secondary N) is 1. The number of anilines is 1. The molecule has 0 saturated carbocycles. The average Bonchev–Trinajstić information content (AvgIpc) is 2.37. The number of carbonyl (C=O) groups excluding carboxylic acids is 1. The first-order valence-corrected chi connectivity index (χ1v) is 6.20. The molecular formula is C13H15F3N2O3. The molecule has 0 saturated heterocycles. The zero-order chi connectivity index (χ0) is 16.0. The maximum Gasteiger partial charge on any atom is 0.416 e. The number of aromatic carboxylic acids is 1. The highest BCUT2D eigenvalue weighted by Crippen LogP contribution is 2.32. The minimum atomic E-state index is -4.62. The number of amides is 1. The molecule has 8 heteroatoms. The Kier molecular flexibility index (Phi) is 5.71. The third kappa shape index (κ3) is 5.07. The van der Waals surface area contributed by atoms with Gasteiger partial charge in [-0.15, -0.1) is 0 Å². The summed E-state index contributed by atoms with van der Waals surface area (Å²) in [6.45, 7) is 0.400. The van der Waals surface area contributed by atoms with E-state index in [-0.39, 0.29) is 12.1 Å². The Hall–Kier alpha value is -2.09. The molecule has 1 aromatic carbocycles. The highest BCUT2D eigenvalue weighted by atomic mass is 19.4. The van der Waals surface area contributed by atoms with Crippen molar-refractivity contribution in [3.8, 4) is 0 Å². The smallest absolute Gasteiger partial charge is 0.416 e. The molecule has 1 amide bonds. The Morgan fingerprint density at radius 1 is 1.24 bits per heavy atom. The van der Waals surface area contributed by atoms with Gasteiger partial charge < -0.3 is 16.2 Å². The number of carboxylic acids is 1. The molecule has 0 fully saturated rings. The molecule has 116 valence electrons. The molecule has 1 aromatic rings. The largest absolute Gasteiger partial charge is 0.478 e. The Labute approximate surface area is 118 Å². The van der Waals surface area contributed by atoms with Gasteiger partial charge in [-0.3, -0.25) is 4.79 Å². The van der Waals surface area contributed by atoms with Crippen LogP contribution in [0, 0.1) is 0 Å². The Bertz CT molecular complexity index is 530. The number of hydrogen-bond donors (Lipinski definition) is 3. The fourth-order valence-electron chi connectivity index (χ4n) is 1.65. The Morgan fingerprint density at radius 2 is 1.90 bits per heavy atom. The fourth-order valence-corrected chi connectivity index (χ4v) is 1.65. The van der Waals surface area contributed by atoms with E-state index in [2.05, 4.69) is 5.32 Å². The lowest BCUT2D eigenvalue weighted by Gasteiger charge is -2.12. The molecule has 0 spiro atoms. The molecule has 5 nitrogen and oxygen atoms in total. The lowest BCUT2D eigenvalue weighted by molar-refractivity contribution is -0.137. The number of carboxylic acid groups (broad SMARTS) is 1. The Balaban J connectivity index is 2.96. The summed E-state index contributed by atoms with van der Waals surface area (Å²) >= 11 is 0. The third-order valence-electron chi connectivity index (χ3n) is 2.71. The van der Waals surface area contributed by atoms with Crippen molar-refractivity contribution < 1.29 is 27.9 Å². The van der Waals surface area contributed by atoms with Gasteiger partial charge in [-0.25, -0.2) is 4.79 Å². The maximum absolute atomic E-state index is 12.6. The van der Waals surface area contributed by atoms with E-state index in [1.54, 1.807) is 0 Å². The Morgan fingerprint density at radius 3 is 2.43 bits per heavy atom. The predicted octanol–water partition coefficient (Wildman–Crippen LogP) is 2.47. The van der Waals surface area contributed by atoms with E-state index >= 15 is 0 Å². The SMILES string of the molecule is NCCCCC(=O)Nc1cc(C(F)(F)F)ccc1C(=O)O. The molecule has 0 radical (unpaired) electrons. The lowest BCUT2D eigenvalue weighted by atomic mass is 10.1. The molecule has 21 heavy (non-hydrogen) atoms. The molecule has 0 atom stereocenters. The van der Waals surface area contributed by atoms with Gasteiger partial charge in [0.25, 0.3) is 0 Å². The number of rotatable bonds is 6. The fraction of sp³-hybridized carbons (Fsp3) is 0.385. The second kappa shape index (κ2) is 7.07. The van der Waals surface area contributed by atoms with Crippen molar-refractivity contribution in [2.24, 2.45) is 5.73 Å². The topological polar surface area (TPSA) is 92.4 Å². The zero-order valence-electron chi connectivity index (χ0n) is 11.0. The molecule has 0 heterocycles. The first-order chi connectivity index (χ1) is 9.75. The van der Waals surface area contributed by atoms with Crippen LogP contribution in [0.1, 0.15) is 35.2 Å². The molecule has 0 aliphatic heterocycles. The van der Waals surface area contributed by atoms with Crippen LogP contribution < -0.4 is 11.1 Å². The summed E-state index contributed by atoms with van der Waals surface area (Å²) in [5.74, 6) is -1.97. The predicted molar refractivity (Wildman–Crippen MR) is 69.9 cm³/mol. The number of benzene rings is 1. The molecule has 0 aromatic heterocycles. The standard InChI is InChI=1S/C13H15F3N2O3/c14-13(15,16)8-4-5-9(12(20)21)10(7-8)18-11(19)3-1-2-6-17/h4-5,7H,1-3,6,17H2,(H,18,19)(H,20,21). The summed E-state index contributed by atoms with van der Waals surface area (Å²) in [6.07, 6.45) is -3.48. The van der Waals surface area contributed by atoms with Crippen molar-refractivity contribution in [2.45, 2.75) is 25.4 Å². The number of unbranched alkanes of at least 4 members (excludes halogenated alkanes) is 1. The van der Waals surface area contributed by atoms with Gasteiger partial charge in [0, 0.05) is 6.42 Å². The molecule has 0 aliphatic rings. The second-order valence-corrected chi connectivity index (χ2v) is 4.36. The summed E-state index contributed by atoms with van der Waals surface area (Å²) in [4.78, 5) is 22.6. The monoisotopic (exact) mass is 304 g/mol. The molecule has 0 bridgehead atoms. The van der Waals surface area contributed by atoms with Crippen LogP contribution in [0.3, 0.4) is 0 Å². The van der Waals surface area contributed by atoms with Crippen LogP contribution >= 0.6 is 0 Å². The van der Waals surface area contributed by atoms with Crippen molar-refractivity contribution in [3.05, 3.63) is 29.3 Å². The van der Waals surface area contributed by atoms with Gasteiger partial charge >= 0.3 is 12.1 Å². The van der Waals surface area contributed by atoms with Gasteiger partial charge in [0.2, 0.25) is 5.91 Å². The van der Waals surface area contributed by atoms with E-state index < -0.39 is 29.2 Å². The number of hydrogen-bond acceptors (Lipinski definition) is 3. The number of nitrogens with two attached hydrogens (primary N) is 1. The van der Waals surface area contributed by atoms with Gasteiger partial charge in [0.15, 0.2) is 0 Å². The summed E-state index contributed by atoms with van der Waals surface area (Å²) in [7, 11) is 0. The molecular weight excluding hydrogens is 289 g/mol. The van der Waals surface area contributed by atoms with Crippen molar-refractivity contribution >= 4 is 17.6 Å². The normalized spacial score (nSPS) is 11.2. The molecule has 1 rings (SSSR count). The summed E-state index contributed by atoms with van der Waals surface area (Å²) < 4.78 is 37.8. The van der Waals surface area contributed by atoms with Crippen LogP contribution in [-0.2, 0) is 11.0 Å². The van der Waals surface area contributed by atoms with E-state index in [0.717, 1.165) is 6.07 Å². The third-order valence-corrected chi connectivity index (χ3v) is 2.71. The van der Waals surface area contributed by atoms with Gasteiger partial charge in [0.1, 0.15) is 0 Å². The van der Waals surface area contributed by atoms with Crippen molar-refractivity contribution in [1.82, 2.24) is 0 Å². The zero-order valence-corrected chi connectivity index (χ0v) is 11.0. The van der Waals surface area contributed by atoms with Crippen LogP contribution in [0.2, 0.25) is 0 Å². The van der Waals surface area contributed by atoms with Crippen molar-refractivity contribution in [2.75, 3.05) is 11.9 Å². The van der Waals surface area contributed by atoms with E-state index in [4.69, 9.17) is 10.8 Å². The maximum atomic E-state index is 12.6. The summed E-state index contributed by atoms with van der Waals surface area (Å²) in [6, 6.07) is 2.10. The quantitative estimate of drug-likeness (QED) is 0.704. The first-order valence-electron chi connectivity index (χ1n) is 6.20. The number of halogens is 3. The van der Waals surface area contributed by atoms with Gasteiger partial charge in [0.05, 0.1) is 16.8 Å². The molecule has 0 unspecified atom stereocenters. The van der Waals surface area contributed by atoms with E-state index in [9.17, 15) is 22.8 Å². The van der Waals surface area contributed by atoms with Crippen LogP contribution in [0.4, 0.5) is 18.9 Å². The van der Waals surface area contributed by atoms with Crippen LogP contribution in [0.15, 0.2) is 18.2 Å². The number of carbonyl (C=O) groups is 2.